The fraction of sp³-hybridized carbons (Fsp3) is 0.200. The van der Waals surface area contributed by atoms with Crippen LogP contribution in [0.15, 0.2) is 30.5 Å². The zero-order valence-corrected chi connectivity index (χ0v) is 11.4. The Balaban J connectivity index is 2.05. The van der Waals surface area contributed by atoms with Crippen molar-refractivity contribution in [3.05, 3.63) is 53.1 Å². The van der Waals surface area contributed by atoms with Crippen molar-refractivity contribution in [2.24, 2.45) is 7.05 Å². The van der Waals surface area contributed by atoms with E-state index >= 15 is 0 Å². The van der Waals surface area contributed by atoms with E-state index in [2.05, 4.69) is 22.3 Å². The number of hydrogen-bond donors (Lipinski definition) is 2. The molecule has 0 unspecified atom stereocenters. The van der Waals surface area contributed by atoms with Crippen molar-refractivity contribution in [2.75, 3.05) is 6.61 Å². The topological polar surface area (TPSA) is 67.2 Å². The Morgan fingerprint density at radius 1 is 1.48 bits per heavy atom. The molecular weight excluding hydrogens is 273 g/mol. The molecule has 0 aliphatic heterocycles. The SMILES string of the molecule is Cn1ccc(CNC(=O)c2ccc(C#CCO)cc2F)n1. The van der Waals surface area contributed by atoms with Crippen LogP contribution in [0.5, 0.6) is 0 Å². The van der Waals surface area contributed by atoms with Gasteiger partial charge >= 0.3 is 0 Å². The first-order chi connectivity index (χ1) is 10.1. The summed E-state index contributed by atoms with van der Waals surface area (Å²) in [5, 5.41) is 15.3. The highest BCUT2D eigenvalue weighted by atomic mass is 19.1. The van der Waals surface area contributed by atoms with Gasteiger partial charge in [0.25, 0.3) is 5.91 Å². The fourth-order valence-corrected chi connectivity index (χ4v) is 1.74. The number of halogens is 1. The van der Waals surface area contributed by atoms with Crippen LogP contribution in [-0.2, 0) is 13.6 Å². The van der Waals surface area contributed by atoms with E-state index in [4.69, 9.17) is 5.11 Å². The minimum atomic E-state index is -0.654. The lowest BCUT2D eigenvalue weighted by molar-refractivity contribution is 0.0946. The van der Waals surface area contributed by atoms with Crippen molar-refractivity contribution in [2.45, 2.75) is 6.54 Å². The highest BCUT2D eigenvalue weighted by molar-refractivity contribution is 5.94. The molecule has 6 heteroatoms. The minimum absolute atomic E-state index is 0.0551. The maximum Gasteiger partial charge on any atom is 0.254 e. The van der Waals surface area contributed by atoms with Crippen LogP contribution >= 0.6 is 0 Å². The highest BCUT2D eigenvalue weighted by Gasteiger charge is 2.12. The van der Waals surface area contributed by atoms with Crippen LogP contribution in [0, 0.1) is 17.7 Å². The van der Waals surface area contributed by atoms with Crippen LogP contribution in [0.25, 0.3) is 0 Å². The standard InChI is InChI=1S/C15H14FN3O2/c1-19-7-6-12(18-19)10-17-15(21)13-5-4-11(3-2-8-20)9-14(13)16/h4-7,9,20H,8,10H2,1H3,(H,17,21). The Hall–Kier alpha value is -2.65. The van der Waals surface area contributed by atoms with Gasteiger partial charge in [-0.05, 0) is 24.3 Å². The molecule has 21 heavy (non-hydrogen) atoms. The van der Waals surface area contributed by atoms with E-state index in [-0.39, 0.29) is 18.7 Å². The van der Waals surface area contributed by atoms with Crippen LogP contribution in [-0.4, -0.2) is 27.4 Å². The summed E-state index contributed by atoms with van der Waals surface area (Å²) in [6.45, 7) is -0.0703. The van der Waals surface area contributed by atoms with Crippen molar-refractivity contribution < 1.29 is 14.3 Å². The Labute approximate surface area is 121 Å². The molecule has 1 heterocycles. The number of nitrogens with zero attached hydrogens (tertiary/aromatic N) is 2. The molecule has 2 aromatic rings. The third kappa shape index (κ3) is 3.91. The minimum Gasteiger partial charge on any atom is -0.384 e. The number of carbonyl (C=O) groups is 1. The summed E-state index contributed by atoms with van der Waals surface area (Å²) in [5.74, 6) is 3.83. The van der Waals surface area contributed by atoms with E-state index in [1.54, 1.807) is 24.0 Å². The molecule has 0 fully saturated rings. The van der Waals surface area contributed by atoms with Gasteiger partial charge in [-0.25, -0.2) is 4.39 Å². The van der Waals surface area contributed by atoms with E-state index in [0.717, 1.165) is 0 Å². The lowest BCUT2D eigenvalue weighted by Crippen LogP contribution is -2.24. The Morgan fingerprint density at radius 2 is 2.29 bits per heavy atom. The molecule has 0 aliphatic rings. The number of aliphatic hydroxyl groups excluding tert-OH is 1. The number of nitrogens with one attached hydrogen (secondary N) is 1. The first-order valence-electron chi connectivity index (χ1n) is 6.26. The predicted octanol–water partition coefficient (Wildman–Crippen LogP) is 0.833. The third-order valence-corrected chi connectivity index (χ3v) is 2.72. The molecule has 2 rings (SSSR count). The molecule has 0 atom stereocenters. The molecule has 0 radical (unpaired) electrons. The van der Waals surface area contributed by atoms with Gasteiger partial charge in [-0.3, -0.25) is 9.48 Å². The Bertz CT molecular complexity index is 713. The van der Waals surface area contributed by atoms with Crippen LogP contribution in [0.3, 0.4) is 0 Å². The summed E-state index contributed by atoms with van der Waals surface area (Å²) in [5.41, 5.74) is 1.04. The number of hydrogen-bond acceptors (Lipinski definition) is 3. The summed E-state index contributed by atoms with van der Waals surface area (Å²) < 4.78 is 15.5. The number of amides is 1. The second-order valence-corrected chi connectivity index (χ2v) is 4.32. The lowest BCUT2D eigenvalue weighted by Gasteiger charge is -2.05. The Morgan fingerprint density at radius 3 is 2.90 bits per heavy atom. The average Bonchev–Trinajstić information content (AvgIpc) is 2.88. The van der Waals surface area contributed by atoms with Gasteiger partial charge < -0.3 is 10.4 Å². The summed E-state index contributed by atoms with van der Waals surface area (Å²) in [4.78, 5) is 11.9. The summed E-state index contributed by atoms with van der Waals surface area (Å²) >= 11 is 0. The quantitative estimate of drug-likeness (QED) is 0.822. The molecule has 1 amide bonds. The van der Waals surface area contributed by atoms with Crippen molar-refractivity contribution in [1.82, 2.24) is 15.1 Å². The third-order valence-electron chi connectivity index (χ3n) is 2.72. The monoisotopic (exact) mass is 287 g/mol. The highest BCUT2D eigenvalue weighted by Crippen LogP contribution is 2.10. The first-order valence-corrected chi connectivity index (χ1v) is 6.26. The van der Waals surface area contributed by atoms with Crippen LogP contribution < -0.4 is 5.32 Å². The van der Waals surface area contributed by atoms with Crippen molar-refractivity contribution >= 4 is 5.91 Å². The van der Waals surface area contributed by atoms with Gasteiger partial charge in [-0.2, -0.15) is 5.10 Å². The molecular formula is C15H14FN3O2. The molecule has 5 nitrogen and oxygen atoms in total. The second kappa shape index (κ2) is 6.68. The molecule has 0 saturated heterocycles. The van der Waals surface area contributed by atoms with Gasteiger partial charge in [0.2, 0.25) is 0 Å². The molecule has 0 saturated carbocycles. The van der Waals surface area contributed by atoms with E-state index in [1.165, 1.54) is 18.2 Å². The number of aryl methyl sites for hydroxylation is 1. The van der Waals surface area contributed by atoms with Gasteiger partial charge in [0.05, 0.1) is 17.8 Å². The summed E-state index contributed by atoms with van der Waals surface area (Å²) in [7, 11) is 1.77. The van der Waals surface area contributed by atoms with Crippen molar-refractivity contribution in [1.29, 1.82) is 0 Å². The summed E-state index contributed by atoms with van der Waals surface area (Å²) in [6, 6.07) is 5.83. The van der Waals surface area contributed by atoms with Crippen LogP contribution in [0.1, 0.15) is 21.6 Å². The number of aromatic nitrogens is 2. The van der Waals surface area contributed by atoms with Gasteiger partial charge in [-0.1, -0.05) is 11.8 Å². The molecule has 0 aliphatic carbocycles. The van der Waals surface area contributed by atoms with Gasteiger partial charge in [0.1, 0.15) is 12.4 Å². The van der Waals surface area contributed by atoms with E-state index in [1.807, 2.05) is 0 Å². The van der Waals surface area contributed by atoms with E-state index in [0.29, 0.717) is 11.3 Å². The zero-order valence-electron chi connectivity index (χ0n) is 11.4. The van der Waals surface area contributed by atoms with Gasteiger partial charge in [0, 0.05) is 18.8 Å². The lowest BCUT2D eigenvalue weighted by atomic mass is 10.1. The normalized spacial score (nSPS) is 9.86. The van der Waals surface area contributed by atoms with E-state index < -0.39 is 11.7 Å². The molecule has 0 spiro atoms. The number of rotatable bonds is 3. The summed E-state index contributed by atoms with van der Waals surface area (Å²) in [6.07, 6.45) is 1.76. The molecule has 0 bridgehead atoms. The molecule has 108 valence electrons. The smallest absolute Gasteiger partial charge is 0.254 e. The molecule has 2 N–H and O–H groups in total. The fourth-order valence-electron chi connectivity index (χ4n) is 1.74. The molecule has 1 aromatic carbocycles. The van der Waals surface area contributed by atoms with Crippen molar-refractivity contribution in [3.8, 4) is 11.8 Å². The Kier molecular flexibility index (Phi) is 4.69. The molecule has 1 aromatic heterocycles. The van der Waals surface area contributed by atoms with Gasteiger partial charge in [0.15, 0.2) is 0 Å². The number of benzene rings is 1. The maximum absolute atomic E-state index is 13.8. The zero-order chi connectivity index (χ0) is 15.2. The predicted molar refractivity (Wildman–Crippen MR) is 74.7 cm³/mol. The number of carbonyl (C=O) groups excluding carboxylic acids is 1. The number of aliphatic hydroxyl groups is 1. The maximum atomic E-state index is 13.8. The van der Waals surface area contributed by atoms with Gasteiger partial charge in [-0.15, -0.1) is 0 Å². The second-order valence-electron chi connectivity index (χ2n) is 4.32. The average molecular weight is 287 g/mol. The first kappa shape index (κ1) is 14.8. The van der Waals surface area contributed by atoms with Crippen molar-refractivity contribution in [3.63, 3.8) is 0 Å². The van der Waals surface area contributed by atoms with Crippen LogP contribution in [0.4, 0.5) is 4.39 Å². The largest absolute Gasteiger partial charge is 0.384 e. The van der Waals surface area contributed by atoms with E-state index in [9.17, 15) is 9.18 Å². The van der Waals surface area contributed by atoms with Crippen LogP contribution in [0.2, 0.25) is 0 Å².